The Balaban J connectivity index is 1.63. The molecule has 4 fully saturated rings. The van der Waals surface area contributed by atoms with Crippen LogP contribution in [0, 0.1) is 58.2 Å². The van der Waals surface area contributed by atoms with Gasteiger partial charge in [-0.3, -0.25) is 0 Å². The summed E-state index contributed by atoms with van der Waals surface area (Å²) in [5.74, 6) is 6.68. The van der Waals surface area contributed by atoms with Gasteiger partial charge in [0.15, 0.2) is 0 Å². The van der Waals surface area contributed by atoms with E-state index in [1.165, 1.54) is 100 Å². The third kappa shape index (κ3) is 7.20. The van der Waals surface area contributed by atoms with Gasteiger partial charge in [0.2, 0.25) is 0 Å². The van der Waals surface area contributed by atoms with Crippen molar-refractivity contribution in [2.75, 3.05) is 0 Å². The van der Waals surface area contributed by atoms with Crippen LogP contribution >= 0.6 is 0 Å². The second-order valence-corrected chi connectivity index (χ2v) is 32.1. The SMILES string of the molecule is CC[Si](CC)(CC)c1ccc(C(c2ccc([Si](CC)(CC)CC)cc2)(C2CCCC2)C2C3CC(C(C)(C)C)CCC3C3CCC(C(C)(C)C)CC32)cc1. The Bertz CT molecular complexity index is 1340. The second-order valence-electron chi connectivity index (χ2n) is 21.6. The van der Waals surface area contributed by atoms with Gasteiger partial charge in [-0.15, -0.1) is 0 Å². The zero-order valence-electron chi connectivity index (χ0n) is 37.1. The van der Waals surface area contributed by atoms with Gasteiger partial charge in [0.25, 0.3) is 0 Å². The van der Waals surface area contributed by atoms with Crippen LogP contribution in [0.25, 0.3) is 0 Å². The van der Waals surface area contributed by atoms with Gasteiger partial charge in [0, 0.05) is 5.41 Å². The summed E-state index contributed by atoms with van der Waals surface area (Å²) < 4.78 is 0. The largest absolute Gasteiger partial charge is 0.0859 e. The van der Waals surface area contributed by atoms with Crippen molar-refractivity contribution in [1.29, 1.82) is 0 Å². The number of rotatable bonds is 12. The van der Waals surface area contributed by atoms with Crippen LogP contribution in [0.5, 0.6) is 0 Å². The molecule has 0 saturated heterocycles. The summed E-state index contributed by atoms with van der Waals surface area (Å²) in [6.45, 7) is 30.4. The Hall–Kier alpha value is -1.13. The first-order valence-electron chi connectivity index (χ1n) is 23.4. The highest BCUT2D eigenvalue weighted by Gasteiger charge is 2.63. The van der Waals surface area contributed by atoms with E-state index >= 15 is 0 Å². The first-order valence-corrected chi connectivity index (χ1v) is 28.7. The maximum absolute atomic E-state index is 2.77. The lowest BCUT2D eigenvalue weighted by Crippen LogP contribution is -2.51. The zero-order chi connectivity index (χ0) is 38.4. The Morgan fingerprint density at radius 1 is 0.434 bits per heavy atom. The molecule has 0 spiro atoms. The fourth-order valence-corrected chi connectivity index (χ4v) is 21.7. The quantitative estimate of drug-likeness (QED) is 0.189. The van der Waals surface area contributed by atoms with E-state index in [-0.39, 0.29) is 5.41 Å². The normalized spacial score (nSPS) is 28.9. The van der Waals surface area contributed by atoms with Crippen molar-refractivity contribution in [3.8, 4) is 0 Å². The van der Waals surface area contributed by atoms with Gasteiger partial charge < -0.3 is 0 Å². The maximum atomic E-state index is 2.77. The molecule has 0 aromatic heterocycles. The van der Waals surface area contributed by atoms with Crippen LogP contribution in [0.1, 0.15) is 158 Å². The van der Waals surface area contributed by atoms with E-state index in [1.54, 1.807) is 21.5 Å². The predicted molar refractivity (Wildman–Crippen MR) is 240 cm³/mol. The number of fused-ring (bicyclic) bond motifs is 3. The molecule has 2 aromatic carbocycles. The fraction of sp³-hybridized carbons (Fsp3) is 0.765. The molecular weight excluding hydrogens is 669 g/mol. The number of hydrogen-bond acceptors (Lipinski definition) is 0. The molecular formula is C51H84Si2. The van der Waals surface area contributed by atoms with Gasteiger partial charge in [-0.2, -0.15) is 0 Å². The van der Waals surface area contributed by atoms with E-state index in [0.29, 0.717) is 10.8 Å². The third-order valence-corrected chi connectivity index (χ3v) is 29.6. The van der Waals surface area contributed by atoms with E-state index in [9.17, 15) is 0 Å². The molecule has 6 unspecified atom stereocenters. The monoisotopic (exact) mass is 753 g/mol. The molecule has 0 bridgehead atoms. The summed E-state index contributed by atoms with van der Waals surface area (Å²) in [6, 6.07) is 30.1. The molecule has 6 rings (SSSR count). The summed E-state index contributed by atoms with van der Waals surface area (Å²) in [4.78, 5) is 0. The van der Waals surface area contributed by atoms with Crippen LogP contribution in [0.4, 0.5) is 0 Å². The molecule has 4 aliphatic rings. The molecule has 4 saturated carbocycles. The second kappa shape index (κ2) is 16.0. The first-order chi connectivity index (χ1) is 25.2. The van der Waals surface area contributed by atoms with Crippen molar-refractivity contribution in [1.82, 2.24) is 0 Å². The topological polar surface area (TPSA) is 0 Å². The summed E-state index contributed by atoms with van der Waals surface area (Å²) >= 11 is 0. The van der Waals surface area contributed by atoms with Crippen molar-refractivity contribution in [3.63, 3.8) is 0 Å². The molecule has 0 radical (unpaired) electrons. The average molecular weight is 753 g/mol. The van der Waals surface area contributed by atoms with Crippen LogP contribution in [0.2, 0.25) is 36.3 Å². The fourth-order valence-electron chi connectivity index (χ4n) is 14.5. The van der Waals surface area contributed by atoms with E-state index in [1.807, 2.05) is 0 Å². The summed E-state index contributed by atoms with van der Waals surface area (Å²) in [6.07, 6.45) is 14.5. The molecule has 296 valence electrons. The van der Waals surface area contributed by atoms with E-state index < -0.39 is 16.1 Å². The van der Waals surface area contributed by atoms with Crippen molar-refractivity contribution < 1.29 is 0 Å². The van der Waals surface area contributed by atoms with Gasteiger partial charge in [0.05, 0.1) is 16.1 Å². The van der Waals surface area contributed by atoms with E-state index in [4.69, 9.17) is 0 Å². The lowest BCUT2D eigenvalue weighted by Gasteiger charge is -2.53. The highest BCUT2D eigenvalue weighted by atomic mass is 28.3. The van der Waals surface area contributed by atoms with Crippen molar-refractivity contribution in [3.05, 3.63) is 59.7 Å². The highest BCUT2D eigenvalue weighted by molar-refractivity contribution is 6.92. The number of hydrogen-bond donors (Lipinski definition) is 0. The Labute approximate surface area is 331 Å². The third-order valence-electron chi connectivity index (χ3n) is 18.4. The van der Waals surface area contributed by atoms with Gasteiger partial charge in [0.1, 0.15) is 0 Å². The lowest BCUT2D eigenvalue weighted by molar-refractivity contribution is 0.0428. The van der Waals surface area contributed by atoms with Gasteiger partial charge >= 0.3 is 0 Å². The van der Waals surface area contributed by atoms with Crippen LogP contribution in [-0.4, -0.2) is 16.1 Å². The summed E-state index contributed by atoms with van der Waals surface area (Å²) in [5, 5.41) is 3.46. The average Bonchev–Trinajstić information content (AvgIpc) is 3.82. The zero-order valence-corrected chi connectivity index (χ0v) is 39.1. The van der Waals surface area contributed by atoms with Crippen molar-refractivity contribution in [2.45, 2.75) is 189 Å². The lowest BCUT2D eigenvalue weighted by atomic mass is 9.50. The summed E-state index contributed by atoms with van der Waals surface area (Å²) in [7, 11) is -2.94. The molecule has 0 heterocycles. The molecule has 0 amide bonds. The highest BCUT2D eigenvalue weighted by Crippen LogP contribution is 2.69. The van der Waals surface area contributed by atoms with Gasteiger partial charge in [-0.25, -0.2) is 0 Å². The van der Waals surface area contributed by atoms with Crippen molar-refractivity contribution >= 4 is 26.5 Å². The molecule has 4 aliphatic carbocycles. The van der Waals surface area contributed by atoms with Gasteiger partial charge in [-0.1, -0.05) is 191 Å². The van der Waals surface area contributed by atoms with Crippen LogP contribution in [0.3, 0.4) is 0 Å². The smallest absolute Gasteiger partial charge is 0.0675 e. The molecule has 53 heavy (non-hydrogen) atoms. The minimum absolute atomic E-state index is 0.0964. The van der Waals surface area contributed by atoms with Crippen LogP contribution in [-0.2, 0) is 5.41 Å². The minimum atomic E-state index is -1.47. The molecule has 0 N–H and O–H groups in total. The Kier molecular flexibility index (Phi) is 12.5. The molecule has 2 heteroatoms. The Morgan fingerprint density at radius 2 is 0.774 bits per heavy atom. The van der Waals surface area contributed by atoms with Crippen LogP contribution in [0.15, 0.2) is 48.5 Å². The standard InChI is InChI=1S/C51H84Si2/c1-13-52(14-2,15-3)42-29-23-38(24-30-42)51(37-21-19-20-22-37,39-25-31-43(32-26-39)53(16-4,17-5)18-6)48-46-35-40(49(7,8)9)27-33-44(46)45-34-28-41(36-47(45)48)50(10,11)12/h23-26,29-32,37,40-41,44-48H,13-22,27-28,33-36H2,1-12H3. The van der Waals surface area contributed by atoms with Gasteiger partial charge in [-0.05, 0) is 121 Å². The molecule has 0 aliphatic heterocycles. The molecule has 6 atom stereocenters. The minimum Gasteiger partial charge on any atom is -0.0675 e. The first kappa shape index (κ1) is 41.5. The maximum Gasteiger partial charge on any atom is 0.0859 e. The molecule has 2 aromatic rings. The number of benzene rings is 2. The predicted octanol–water partition coefficient (Wildman–Crippen LogP) is 14.4. The Morgan fingerprint density at radius 3 is 1.08 bits per heavy atom. The van der Waals surface area contributed by atoms with Crippen LogP contribution < -0.4 is 10.4 Å². The molecule has 0 nitrogen and oxygen atoms in total. The summed E-state index contributed by atoms with van der Waals surface area (Å²) in [5.41, 5.74) is 4.31. The van der Waals surface area contributed by atoms with E-state index in [2.05, 4.69) is 132 Å². The van der Waals surface area contributed by atoms with E-state index in [0.717, 1.165) is 47.3 Å². The van der Waals surface area contributed by atoms with Crippen molar-refractivity contribution in [2.24, 2.45) is 58.2 Å².